The summed E-state index contributed by atoms with van der Waals surface area (Å²) in [4.78, 5) is 109. The zero-order valence-corrected chi connectivity index (χ0v) is 37.8. The number of hydrogen-bond acceptors (Lipinski definition) is 9. The number of nitrogens with two attached hydrogens (primary N) is 1. The fourth-order valence-corrected chi connectivity index (χ4v) is 8.98. The van der Waals surface area contributed by atoms with Crippen LogP contribution in [0.25, 0.3) is 0 Å². The average Bonchev–Trinajstić information content (AvgIpc) is 3.74. The first-order chi connectivity index (χ1) is 30.4. The van der Waals surface area contributed by atoms with Crippen LogP contribution in [0.1, 0.15) is 148 Å². The molecule has 350 valence electrons. The number of Topliss-reactive ketones (excluding diaryl/α,β-unsaturated/α-hetero) is 1. The molecule has 1 aromatic rings. The highest BCUT2D eigenvalue weighted by Crippen LogP contribution is 2.32. The van der Waals surface area contributed by atoms with Crippen LogP contribution in [-0.2, 0) is 49.7 Å². The Kier molecular flexibility index (Phi) is 21.5. The smallest absolute Gasteiger partial charge is 0.290 e. The van der Waals surface area contributed by atoms with E-state index >= 15 is 0 Å². The number of primary amides is 1. The number of unbranched alkanes of at least 4 members (excludes halogenated alkanes) is 2. The average molecular weight is 880 g/mol. The number of rotatable bonds is 25. The first-order valence-corrected chi connectivity index (χ1v) is 23.6. The maximum absolute atomic E-state index is 14.8. The first-order valence-electron chi connectivity index (χ1n) is 23.6. The highest BCUT2D eigenvalue weighted by atomic mass is 16.5. The Balaban J connectivity index is 1.46. The van der Waals surface area contributed by atoms with Crippen molar-refractivity contribution >= 4 is 47.1 Å². The lowest BCUT2D eigenvalue weighted by Crippen LogP contribution is -2.58. The molecule has 4 rings (SSSR count). The van der Waals surface area contributed by atoms with Gasteiger partial charge in [0.2, 0.25) is 41.2 Å². The number of nitrogens with one attached hydrogen (secondary N) is 5. The van der Waals surface area contributed by atoms with Crippen molar-refractivity contribution in [1.29, 1.82) is 0 Å². The Morgan fingerprint density at radius 1 is 0.714 bits per heavy atom. The Labute approximate surface area is 373 Å². The van der Waals surface area contributed by atoms with Crippen LogP contribution in [0.3, 0.4) is 0 Å². The van der Waals surface area contributed by atoms with Crippen LogP contribution in [0.5, 0.6) is 0 Å². The standard InChI is InChI=1S/C47H73N7O9/c1-4-7-25-36(42(48)57)52-44(59)37(26-8-5-2)50-39(55)28-49-46(61)41(56)35(18-6-3)51-45(60)38-27-34(63-30-31-19-12-9-13-20-31)29-54(38)47(62)40(32-21-14-10-15-22-32)53-43(58)33-23-16-11-17-24-33/h9,12-13,19-20,32-38,40H,4-8,10-11,14-18,21-30H2,1-3H3,(H2,48,57)(H,49,61)(H,50,55)(H,51,60)(H,52,59)(H,53,58). The second kappa shape index (κ2) is 26.7. The van der Waals surface area contributed by atoms with E-state index < -0.39 is 78.2 Å². The van der Waals surface area contributed by atoms with Crippen LogP contribution in [0.15, 0.2) is 30.3 Å². The molecule has 16 nitrogen and oxygen atoms in total. The molecule has 2 saturated carbocycles. The Morgan fingerprint density at radius 2 is 1.35 bits per heavy atom. The zero-order valence-electron chi connectivity index (χ0n) is 37.8. The number of benzene rings is 1. The predicted octanol–water partition coefficient (Wildman–Crippen LogP) is 3.62. The van der Waals surface area contributed by atoms with Crippen LogP contribution in [0, 0.1) is 11.8 Å². The number of amides is 7. The molecule has 3 aliphatic rings. The zero-order chi connectivity index (χ0) is 45.7. The summed E-state index contributed by atoms with van der Waals surface area (Å²) in [6, 6.07) is 4.54. The van der Waals surface area contributed by atoms with Crippen LogP contribution in [-0.4, -0.2) is 101 Å². The van der Waals surface area contributed by atoms with E-state index in [1.165, 1.54) is 4.90 Å². The third-order valence-corrected chi connectivity index (χ3v) is 12.7. The minimum Gasteiger partial charge on any atom is -0.372 e. The summed E-state index contributed by atoms with van der Waals surface area (Å²) in [6.07, 6.45) is 12.7. The quantitative estimate of drug-likeness (QED) is 0.0787. The number of likely N-dealkylation sites (tertiary alicyclic amines) is 1. The fraction of sp³-hybridized carbons (Fsp3) is 0.702. The van der Waals surface area contributed by atoms with E-state index in [0.29, 0.717) is 25.7 Å². The molecule has 6 unspecified atom stereocenters. The molecule has 1 heterocycles. The Hall–Kier alpha value is -4.86. The van der Waals surface area contributed by atoms with E-state index in [9.17, 15) is 38.4 Å². The van der Waals surface area contributed by atoms with Crippen molar-refractivity contribution in [2.45, 2.75) is 186 Å². The maximum atomic E-state index is 14.8. The van der Waals surface area contributed by atoms with E-state index in [1.807, 2.05) is 44.2 Å². The number of hydrogen-bond donors (Lipinski definition) is 6. The van der Waals surface area contributed by atoms with Gasteiger partial charge in [-0.3, -0.25) is 38.4 Å². The molecule has 7 amide bonds. The minimum absolute atomic E-state index is 0.0868. The van der Waals surface area contributed by atoms with Gasteiger partial charge in [-0.15, -0.1) is 0 Å². The molecule has 7 N–H and O–H groups in total. The summed E-state index contributed by atoms with van der Waals surface area (Å²) in [5.41, 5.74) is 6.43. The topological polar surface area (TPSA) is 235 Å². The SMILES string of the molecule is CCCCC(NC(=O)C(CCCC)NC(=O)CNC(=O)C(=O)C(CCC)NC(=O)C1CC(OCc2ccccc2)CN1C(=O)C(NC(=O)C1CCCCC1)C1CCCCC1)C(N)=O. The van der Waals surface area contributed by atoms with Crippen molar-refractivity contribution in [3.63, 3.8) is 0 Å². The van der Waals surface area contributed by atoms with Gasteiger partial charge < -0.3 is 42.0 Å². The highest BCUT2D eigenvalue weighted by Gasteiger charge is 2.45. The molecule has 0 bridgehead atoms. The van der Waals surface area contributed by atoms with Gasteiger partial charge in [0.15, 0.2) is 0 Å². The first kappa shape index (κ1) is 50.8. The third kappa shape index (κ3) is 16.0. The van der Waals surface area contributed by atoms with E-state index in [2.05, 4.69) is 26.6 Å². The molecule has 6 atom stereocenters. The van der Waals surface area contributed by atoms with Gasteiger partial charge in [0.25, 0.3) is 5.91 Å². The molecule has 1 aromatic carbocycles. The monoisotopic (exact) mass is 880 g/mol. The largest absolute Gasteiger partial charge is 0.372 e. The third-order valence-electron chi connectivity index (χ3n) is 12.7. The minimum atomic E-state index is -1.26. The van der Waals surface area contributed by atoms with Crippen molar-refractivity contribution in [2.75, 3.05) is 13.1 Å². The lowest BCUT2D eigenvalue weighted by Gasteiger charge is -2.35. The van der Waals surface area contributed by atoms with E-state index in [4.69, 9.17) is 10.5 Å². The Bertz CT molecular complexity index is 1680. The van der Waals surface area contributed by atoms with Crippen molar-refractivity contribution in [1.82, 2.24) is 31.5 Å². The van der Waals surface area contributed by atoms with Gasteiger partial charge in [-0.2, -0.15) is 0 Å². The summed E-state index contributed by atoms with van der Waals surface area (Å²) in [5, 5.41) is 13.5. The van der Waals surface area contributed by atoms with Crippen LogP contribution < -0.4 is 32.3 Å². The second-order valence-electron chi connectivity index (χ2n) is 17.6. The van der Waals surface area contributed by atoms with Crippen molar-refractivity contribution < 1.29 is 43.1 Å². The molecule has 63 heavy (non-hydrogen) atoms. The molecule has 16 heteroatoms. The molecular weight excluding hydrogens is 807 g/mol. The number of ether oxygens (including phenoxy) is 1. The van der Waals surface area contributed by atoms with Gasteiger partial charge in [-0.05, 0) is 56.4 Å². The lowest BCUT2D eigenvalue weighted by atomic mass is 9.82. The molecule has 1 aliphatic heterocycles. The van der Waals surface area contributed by atoms with Gasteiger partial charge >= 0.3 is 0 Å². The van der Waals surface area contributed by atoms with Gasteiger partial charge in [-0.25, -0.2) is 0 Å². The summed E-state index contributed by atoms with van der Waals surface area (Å²) < 4.78 is 6.28. The molecule has 0 spiro atoms. The number of nitrogens with zero attached hydrogens (tertiary/aromatic N) is 1. The summed E-state index contributed by atoms with van der Waals surface area (Å²) in [5.74, 6) is -5.38. The van der Waals surface area contributed by atoms with Gasteiger partial charge in [-0.1, -0.05) is 122 Å². The van der Waals surface area contributed by atoms with Gasteiger partial charge in [0.05, 0.1) is 25.3 Å². The normalized spacial score (nSPS) is 20.1. The molecular formula is C47H73N7O9. The molecule has 2 aliphatic carbocycles. The van der Waals surface area contributed by atoms with Crippen LogP contribution in [0.4, 0.5) is 0 Å². The lowest BCUT2D eigenvalue weighted by molar-refractivity contribution is -0.145. The molecule has 3 fully saturated rings. The fourth-order valence-electron chi connectivity index (χ4n) is 8.98. The van der Waals surface area contributed by atoms with Crippen molar-refractivity contribution in [3.8, 4) is 0 Å². The van der Waals surface area contributed by atoms with E-state index in [0.717, 1.165) is 82.6 Å². The summed E-state index contributed by atoms with van der Waals surface area (Å²) >= 11 is 0. The summed E-state index contributed by atoms with van der Waals surface area (Å²) in [6.45, 7) is 5.41. The predicted molar refractivity (Wildman–Crippen MR) is 237 cm³/mol. The number of ketones is 1. The van der Waals surface area contributed by atoms with E-state index in [-0.39, 0.29) is 56.1 Å². The van der Waals surface area contributed by atoms with E-state index in [1.54, 1.807) is 6.92 Å². The van der Waals surface area contributed by atoms with Crippen molar-refractivity contribution in [2.24, 2.45) is 17.6 Å². The van der Waals surface area contributed by atoms with Gasteiger partial charge in [0.1, 0.15) is 24.2 Å². The molecule has 1 saturated heterocycles. The second-order valence-corrected chi connectivity index (χ2v) is 17.6. The number of carbonyl (C=O) groups excluding carboxylic acids is 8. The Morgan fingerprint density at radius 3 is 1.97 bits per heavy atom. The van der Waals surface area contributed by atoms with Crippen LogP contribution >= 0.6 is 0 Å². The molecule has 0 radical (unpaired) electrons. The number of carbonyl (C=O) groups is 8. The van der Waals surface area contributed by atoms with Crippen molar-refractivity contribution in [3.05, 3.63) is 35.9 Å². The van der Waals surface area contributed by atoms with Gasteiger partial charge in [0, 0.05) is 18.9 Å². The molecule has 0 aromatic heterocycles. The maximum Gasteiger partial charge on any atom is 0.290 e. The van der Waals surface area contributed by atoms with Crippen LogP contribution in [0.2, 0.25) is 0 Å². The highest BCUT2D eigenvalue weighted by molar-refractivity contribution is 6.38. The summed E-state index contributed by atoms with van der Waals surface area (Å²) in [7, 11) is 0.